The van der Waals surface area contributed by atoms with Gasteiger partial charge in [0.1, 0.15) is 0 Å². The van der Waals surface area contributed by atoms with Gasteiger partial charge in [0.15, 0.2) is 0 Å². The fourth-order valence-corrected chi connectivity index (χ4v) is 3.62. The van der Waals surface area contributed by atoms with Gasteiger partial charge in [-0.05, 0) is 30.3 Å². The van der Waals surface area contributed by atoms with Crippen molar-refractivity contribution in [1.82, 2.24) is 9.80 Å². The fourth-order valence-electron chi connectivity index (χ4n) is 3.30. The van der Waals surface area contributed by atoms with Crippen molar-refractivity contribution in [2.75, 3.05) is 33.3 Å². The van der Waals surface area contributed by atoms with E-state index in [0.717, 1.165) is 24.2 Å². The Kier molecular flexibility index (Phi) is 7.13. The summed E-state index contributed by atoms with van der Waals surface area (Å²) in [5.74, 6) is 0.154. The molecule has 2 aromatic rings. The summed E-state index contributed by atoms with van der Waals surface area (Å²) in [4.78, 5) is 16.7. The van der Waals surface area contributed by atoms with Crippen LogP contribution in [0, 0.1) is 0 Å². The van der Waals surface area contributed by atoms with Gasteiger partial charge in [0, 0.05) is 26.2 Å². The number of nitrogens with zero attached hydrogens (tertiary/aromatic N) is 2. The van der Waals surface area contributed by atoms with Crippen LogP contribution in [0.25, 0.3) is 0 Å². The number of carbonyl (C=O) groups excluding carboxylic acids is 1. The average Bonchev–Trinajstić information content (AvgIpc) is 2.66. The molecule has 144 valence electrons. The fraction of sp³-hybridized carbons (Fsp3) is 0.381. The number of hydrogen-bond donors (Lipinski definition) is 0. The molecule has 27 heavy (non-hydrogen) atoms. The van der Waals surface area contributed by atoms with Crippen LogP contribution in [0.1, 0.15) is 11.1 Å². The number of ether oxygens (including phenoxy) is 1. The van der Waals surface area contributed by atoms with E-state index in [9.17, 15) is 4.79 Å². The minimum absolute atomic E-state index is 0.00578. The maximum Gasteiger partial charge on any atom is 0.227 e. The lowest BCUT2D eigenvalue weighted by Gasteiger charge is -2.35. The average molecular weight is 407 g/mol. The van der Waals surface area contributed by atoms with Crippen LogP contribution in [0.3, 0.4) is 0 Å². The van der Waals surface area contributed by atoms with E-state index in [1.54, 1.807) is 0 Å². The molecule has 0 aromatic heterocycles. The van der Waals surface area contributed by atoms with E-state index in [1.807, 2.05) is 60.5 Å². The van der Waals surface area contributed by atoms with E-state index in [0.29, 0.717) is 36.2 Å². The summed E-state index contributed by atoms with van der Waals surface area (Å²) in [5, 5.41) is 1.13. The molecule has 3 rings (SSSR count). The smallest absolute Gasteiger partial charge is 0.227 e. The van der Waals surface area contributed by atoms with Gasteiger partial charge in [-0.2, -0.15) is 0 Å². The Hall–Kier alpha value is -1.59. The minimum atomic E-state index is 0.00578. The van der Waals surface area contributed by atoms with E-state index in [1.165, 1.54) is 0 Å². The summed E-state index contributed by atoms with van der Waals surface area (Å²) >= 11 is 12.1. The molecule has 2 aromatic carbocycles. The van der Waals surface area contributed by atoms with Gasteiger partial charge >= 0.3 is 0 Å². The number of halogens is 2. The molecule has 0 radical (unpaired) electrons. The zero-order valence-electron chi connectivity index (χ0n) is 15.4. The second-order valence-electron chi connectivity index (χ2n) is 6.94. The quantitative estimate of drug-likeness (QED) is 0.729. The van der Waals surface area contributed by atoms with Gasteiger partial charge < -0.3 is 9.64 Å². The van der Waals surface area contributed by atoms with Crippen molar-refractivity contribution in [3.8, 4) is 0 Å². The molecule has 1 amide bonds. The summed E-state index contributed by atoms with van der Waals surface area (Å²) in [5.41, 5.74) is 2.14. The SMILES string of the molecule is CN(Cc1ccc(Cl)c(Cl)c1)CC1CN(C(=O)Cc2ccccc2)CCO1. The molecule has 4 nitrogen and oxygen atoms in total. The maximum atomic E-state index is 12.6. The van der Waals surface area contributed by atoms with Gasteiger partial charge in [0.2, 0.25) is 5.91 Å². The molecule has 0 spiro atoms. The van der Waals surface area contributed by atoms with Gasteiger partial charge in [-0.1, -0.05) is 59.6 Å². The van der Waals surface area contributed by atoms with Crippen LogP contribution in [-0.2, 0) is 22.5 Å². The Morgan fingerprint density at radius 3 is 2.67 bits per heavy atom. The lowest BCUT2D eigenvalue weighted by atomic mass is 10.1. The first-order valence-electron chi connectivity index (χ1n) is 9.07. The van der Waals surface area contributed by atoms with E-state index < -0.39 is 0 Å². The van der Waals surface area contributed by atoms with Gasteiger partial charge in [-0.3, -0.25) is 9.69 Å². The van der Waals surface area contributed by atoms with Gasteiger partial charge in [0.05, 0.1) is 29.2 Å². The number of rotatable bonds is 6. The summed E-state index contributed by atoms with van der Waals surface area (Å²) in [6.45, 7) is 3.34. The van der Waals surface area contributed by atoms with Crippen LogP contribution >= 0.6 is 23.2 Å². The van der Waals surface area contributed by atoms with E-state index in [2.05, 4.69) is 4.90 Å². The van der Waals surface area contributed by atoms with Crippen LogP contribution in [0.5, 0.6) is 0 Å². The number of hydrogen-bond acceptors (Lipinski definition) is 3. The molecule has 6 heteroatoms. The molecule has 1 aliphatic heterocycles. The molecule has 1 saturated heterocycles. The zero-order valence-corrected chi connectivity index (χ0v) is 16.9. The molecule has 1 aliphatic rings. The molecule has 0 N–H and O–H groups in total. The normalized spacial score (nSPS) is 17.3. The molecule has 0 saturated carbocycles. The van der Waals surface area contributed by atoms with Crippen molar-refractivity contribution >= 4 is 29.1 Å². The number of amides is 1. The summed E-state index contributed by atoms with van der Waals surface area (Å²) in [6, 6.07) is 15.5. The highest BCUT2D eigenvalue weighted by molar-refractivity contribution is 6.42. The predicted octanol–water partition coefficient (Wildman–Crippen LogP) is 3.90. The first-order chi connectivity index (χ1) is 13.0. The number of morpholine rings is 1. The van der Waals surface area contributed by atoms with Crippen LogP contribution in [-0.4, -0.2) is 55.1 Å². The second-order valence-corrected chi connectivity index (χ2v) is 7.75. The number of likely N-dealkylation sites (N-methyl/N-ethyl adjacent to an activating group) is 1. The molecule has 1 unspecified atom stereocenters. The molecular formula is C21H24Cl2N2O2. The van der Waals surface area contributed by atoms with E-state index in [4.69, 9.17) is 27.9 Å². The standard InChI is InChI=1S/C21H24Cl2N2O2/c1-24(13-17-7-8-19(22)20(23)11-17)14-18-15-25(9-10-27-18)21(26)12-16-5-3-2-4-6-16/h2-8,11,18H,9-10,12-15H2,1H3. The first kappa shape index (κ1) is 20.2. The van der Waals surface area contributed by atoms with Crippen LogP contribution in [0.2, 0.25) is 10.0 Å². The lowest BCUT2D eigenvalue weighted by molar-refractivity contribution is -0.138. The molecule has 0 bridgehead atoms. The first-order valence-corrected chi connectivity index (χ1v) is 9.82. The van der Waals surface area contributed by atoms with E-state index >= 15 is 0 Å². The van der Waals surface area contributed by atoms with Crippen molar-refractivity contribution in [1.29, 1.82) is 0 Å². The van der Waals surface area contributed by atoms with Crippen molar-refractivity contribution < 1.29 is 9.53 Å². The highest BCUT2D eigenvalue weighted by Gasteiger charge is 2.25. The second kappa shape index (κ2) is 9.56. The number of benzene rings is 2. The van der Waals surface area contributed by atoms with Crippen molar-refractivity contribution in [2.45, 2.75) is 19.1 Å². The summed E-state index contributed by atoms with van der Waals surface area (Å²) in [6.07, 6.45) is 0.443. The van der Waals surface area contributed by atoms with Crippen LogP contribution < -0.4 is 0 Å². The zero-order chi connectivity index (χ0) is 19.2. The summed E-state index contributed by atoms with van der Waals surface area (Å²) < 4.78 is 5.88. The lowest BCUT2D eigenvalue weighted by Crippen LogP contribution is -2.49. The van der Waals surface area contributed by atoms with Crippen LogP contribution in [0.15, 0.2) is 48.5 Å². The highest BCUT2D eigenvalue weighted by atomic mass is 35.5. The Labute approximate surface area is 170 Å². The van der Waals surface area contributed by atoms with Crippen molar-refractivity contribution in [3.05, 3.63) is 69.7 Å². The van der Waals surface area contributed by atoms with Crippen molar-refractivity contribution in [3.63, 3.8) is 0 Å². The molecule has 0 aliphatic carbocycles. The Bertz CT molecular complexity index is 770. The third-order valence-electron chi connectivity index (χ3n) is 4.64. The third-order valence-corrected chi connectivity index (χ3v) is 5.38. The Morgan fingerprint density at radius 1 is 1.15 bits per heavy atom. The van der Waals surface area contributed by atoms with Gasteiger partial charge in [-0.15, -0.1) is 0 Å². The van der Waals surface area contributed by atoms with Crippen molar-refractivity contribution in [2.24, 2.45) is 0 Å². The molecular weight excluding hydrogens is 383 g/mol. The third kappa shape index (κ3) is 5.94. The molecule has 1 atom stereocenters. The number of carbonyl (C=O) groups is 1. The highest BCUT2D eigenvalue weighted by Crippen LogP contribution is 2.23. The predicted molar refractivity (Wildman–Crippen MR) is 109 cm³/mol. The van der Waals surface area contributed by atoms with Crippen LogP contribution in [0.4, 0.5) is 0 Å². The topological polar surface area (TPSA) is 32.8 Å². The van der Waals surface area contributed by atoms with E-state index in [-0.39, 0.29) is 12.0 Å². The van der Waals surface area contributed by atoms with Gasteiger partial charge in [-0.25, -0.2) is 0 Å². The monoisotopic (exact) mass is 406 g/mol. The van der Waals surface area contributed by atoms with Gasteiger partial charge in [0.25, 0.3) is 0 Å². The summed E-state index contributed by atoms with van der Waals surface area (Å²) in [7, 11) is 2.04. The minimum Gasteiger partial charge on any atom is -0.373 e. The Morgan fingerprint density at radius 2 is 1.93 bits per heavy atom. The Balaban J connectivity index is 1.51. The largest absolute Gasteiger partial charge is 0.373 e. The molecule has 1 heterocycles. The maximum absolute atomic E-state index is 12.6. The molecule has 1 fully saturated rings.